The van der Waals surface area contributed by atoms with Crippen molar-refractivity contribution < 1.29 is 4.79 Å². The molecule has 94 valence electrons. The van der Waals surface area contributed by atoms with Crippen LogP contribution in [-0.4, -0.2) is 30.6 Å². The maximum absolute atomic E-state index is 11.9. The molecule has 1 N–H and O–H groups in total. The van der Waals surface area contributed by atoms with Crippen LogP contribution in [0.25, 0.3) is 0 Å². The van der Waals surface area contributed by atoms with Crippen molar-refractivity contribution in [1.82, 2.24) is 10.2 Å². The molecule has 0 bridgehead atoms. The molecule has 3 heteroatoms. The lowest BCUT2D eigenvalue weighted by Crippen LogP contribution is -2.46. The molecule has 1 rings (SSSR count). The van der Waals surface area contributed by atoms with Crippen LogP contribution >= 0.6 is 0 Å². The Hall–Kier alpha value is -0.730. The van der Waals surface area contributed by atoms with E-state index in [0.717, 1.165) is 19.4 Å². The van der Waals surface area contributed by atoms with Crippen LogP contribution in [0.15, 0.2) is 0 Å². The van der Waals surface area contributed by atoms with Gasteiger partial charge in [0.2, 0.25) is 0 Å². The minimum atomic E-state index is 0.0850. The molecule has 2 amide bonds. The van der Waals surface area contributed by atoms with Crippen LogP contribution in [0.3, 0.4) is 0 Å². The third kappa shape index (κ3) is 4.86. The van der Waals surface area contributed by atoms with E-state index in [2.05, 4.69) is 26.1 Å². The summed E-state index contributed by atoms with van der Waals surface area (Å²) < 4.78 is 0. The Balaban J connectivity index is 2.33. The van der Waals surface area contributed by atoms with Crippen LogP contribution in [-0.2, 0) is 0 Å². The van der Waals surface area contributed by atoms with Gasteiger partial charge < -0.3 is 10.2 Å². The minimum absolute atomic E-state index is 0.0850. The fraction of sp³-hybridized carbons (Fsp3) is 0.923. The Morgan fingerprint density at radius 3 is 2.31 bits per heavy atom. The number of nitrogens with zero attached hydrogens (tertiary/aromatic N) is 1. The summed E-state index contributed by atoms with van der Waals surface area (Å²) >= 11 is 0. The lowest BCUT2D eigenvalue weighted by Gasteiger charge is -2.30. The molecule has 1 aliphatic rings. The topological polar surface area (TPSA) is 32.3 Å². The van der Waals surface area contributed by atoms with E-state index in [-0.39, 0.29) is 11.4 Å². The van der Waals surface area contributed by atoms with Crippen LogP contribution in [0.2, 0.25) is 0 Å². The van der Waals surface area contributed by atoms with Gasteiger partial charge in [-0.2, -0.15) is 0 Å². The van der Waals surface area contributed by atoms with E-state index in [1.807, 2.05) is 7.05 Å². The largest absolute Gasteiger partial charge is 0.335 e. The van der Waals surface area contributed by atoms with Crippen LogP contribution in [0.5, 0.6) is 0 Å². The monoisotopic (exact) mass is 226 g/mol. The molecule has 0 saturated heterocycles. The van der Waals surface area contributed by atoms with Gasteiger partial charge in [0.25, 0.3) is 0 Å². The quantitative estimate of drug-likeness (QED) is 0.771. The first-order valence-corrected chi connectivity index (χ1v) is 6.40. The average molecular weight is 226 g/mol. The highest BCUT2D eigenvalue weighted by Gasteiger charge is 2.21. The molecule has 0 radical (unpaired) electrons. The summed E-state index contributed by atoms with van der Waals surface area (Å²) in [6.45, 7) is 7.25. The smallest absolute Gasteiger partial charge is 0.317 e. The molecule has 16 heavy (non-hydrogen) atoms. The molecular formula is C13H26N2O. The molecule has 1 aliphatic carbocycles. The molecule has 0 unspecified atom stereocenters. The molecule has 0 spiro atoms. The third-order valence-electron chi connectivity index (χ3n) is 2.99. The SMILES string of the molecule is CN(CC(C)(C)C)C(=O)NC1CCCCC1. The predicted octanol–water partition coefficient (Wildman–Crippen LogP) is 3.01. The van der Waals surface area contributed by atoms with Crippen molar-refractivity contribution in [3.8, 4) is 0 Å². The van der Waals surface area contributed by atoms with Crippen LogP contribution in [0, 0.1) is 5.41 Å². The number of hydrogen-bond acceptors (Lipinski definition) is 1. The van der Waals surface area contributed by atoms with Gasteiger partial charge >= 0.3 is 6.03 Å². The minimum Gasteiger partial charge on any atom is -0.335 e. The van der Waals surface area contributed by atoms with Crippen molar-refractivity contribution >= 4 is 6.03 Å². The molecular weight excluding hydrogens is 200 g/mol. The van der Waals surface area contributed by atoms with Gasteiger partial charge in [-0.3, -0.25) is 0 Å². The molecule has 0 aromatic rings. The lowest BCUT2D eigenvalue weighted by atomic mass is 9.95. The Labute approximate surface area is 99.6 Å². The normalized spacial score (nSPS) is 18.2. The van der Waals surface area contributed by atoms with E-state index in [4.69, 9.17) is 0 Å². The maximum Gasteiger partial charge on any atom is 0.317 e. The number of amides is 2. The fourth-order valence-corrected chi connectivity index (χ4v) is 2.32. The molecule has 1 fully saturated rings. The summed E-state index contributed by atoms with van der Waals surface area (Å²) in [5.74, 6) is 0. The van der Waals surface area contributed by atoms with Crippen molar-refractivity contribution in [1.29, 1.82) is 0 Å². The summed E-state index contributed by atoms with van der Waals surface area (Å²) in [5.41, 5.74) is 0.165. The molecule has 0 aromatic carbocycles. The number of rotatable bonds is 2. The average Bonchev–Trinajstić information content (AvgIpc) is 2.16. The zero-order valence-electron chi connectivity index (χ0n) is 11.2. The first-order valence-electron chi connectivity index (χ1n) is 6.40. The molecule has 1 saturated carbocycles. The molecule has 0 aromatic heterocycles. The maximum atomic E-state index is 11.9. The number of hydrogen-bond donors (Lipinski definition) is 1. The highest BCUT2D eigenvalue weighted by Crippen LogP contribution is 2.18. The van der Waals surface area contributed by atoms with E-state index in [1.54, 1.807) is 4.90 Å². The van der Waals surface area contributed by atoms with Gasteiger partial charge in [0.1, 0.15) is 0 Å². The fourth-order valence-electron chi connectivity index (χ4n) is 2.32. The van der Waals surface area contributed by atoms with Crippen molar-refractivity contribution in [2.75, 3.05) is 13.6 Å². The van der Waals surface area contributed by atoms with Crippen molar-refractivity contribution in [2.45, 2.75) is 58.9 Å². The zero-order chi connectivity index (χ0) is 12.2. The second-order valence-electron chi connectivity index (χ2n) is 6.20. The van der Waals surface area contributed by atoms with Gasteiger partial charge in [0, 0.05) is 19.6 Å². The Kier molecular flexibility index (Phi) is 4.63. The van der Waals surface area contributed by atoms with E-state index < -0.39 is 0 Å². The van der Waals surface area contributed by atoms with Crippen molar-refractivity contribution in [2.24, 2.45) is 5.41 Å². The predicted molar refractivity (Wildman–Crippen MR) is 67.5 cm³/mol. The van der Waals surface area contributed by atoms with Gasteiger partial charge in [-0.25, -0.2) is 4.79 Å². The van der Waals surface area contributed by atoms with Crippen molar-refractivity contribution in [3.63, 3.8) is 0 Å². The summed E-state index contributed by atoms with van der Waals surface area (Å²) in [7, 11) is 1.88. The van der Waals surface area contributed by atoms with Gasteiger partial charge in [0.05, 0.1) is 0 Å². The van der Waals surface area contributed by atoms with E-state index in [0.29, 0.717) is 6.04 Å². The van der Waals surface area contributed by atoms with E-state index in [1.165, 1.54) is 19.3 Å². The third-order valence-corrected chi connectivity index (χ3v) is 2.99. The highest BCUT2D eigenvalue weighted by atomic mass is 16.2. The zero-order valence-corrected chi connectivity index (χ0v) is 11.2. The summed E-state index contributed by atoms with van der Waals surface area (Å²) in [4.78, 5) is 13.7. The van der Waals surface area contributed by atoms with Crippen LogP contribution in [0.4, 0.5) is 4.79 Å². The molecule has 0 aliphatic heterocycles. The van der Waals surface area contributed by atoms with Gasteiger partial charge in [-0.05, 0) is 18.3 Å². The first-order chi connectivity index (χ1) is 7.38. The standard InChI is InChI=1S/C13H26N2O/c1-13(2,3)10-15(4)12(16)14-11-8-6-5-7-9-11/h11H,5-10H2,1-4H3,(H,14,16). The lowest BCUT2D eigenvalue weighted by molar-refractivity contribution is 0.181. The first kappa shape index (κ1) is 13.3. The Morgan fingerprint density at radius 1 is 1.25 bits per heavy atom. The second-order valence-corrected chi connectivity index (χ2v) is 6.20. The summed E-state index contributed by atoms with van der Waals surface area (Å²) in [6, 6.07) is 0.491. The van der Waals surface area contributed by atoms with Crippen LogP contribution < -0.4 is 5.32 Å². The van der Waals surface area contributed by atoms with E-state index >= 15 is 0 Å². The Bertz CT molecular complexity index is 227. The second kappa shape index (κ2) is 5.55. The molecule has 0 atom stereocenters. The van der Waals surface area contributed by atoms with E-state index in [9.17, 15) is 4.79 Å². The number of nitrogens with one attached hydrogen (secondary N) is 1. The highest BCUT2D eigenvalue weighted by molar-refractivity contribution is 5.74. The number of carbonyl (C=O) groups excluding carboxylic acids is 1. The van der Waals surface area contributed by atoms with Gasteiger partial charge in [0.15, 0.2) is 0 Å². The summed E-state index contributed by atoms with van der Waals surface area (Å²) in [6.07, 6.45) is 6.14. The summed E-state index contributed by atoms with van der Waals surface area (Å²) in [5, 5.41) is 3.13. The molecule has 3 nitrogen and oxygen atoms in total. The van der Waals surface area contributed by atoms with Crippen LogP contribution in [0.1, 0.15) is 52.9 Å². The van der Waals surface area contributed by atoms with Gasteiger partial charge in [-0.15, -0.1) is 0 Å². The number of carbonyl (C=O) groups is 1. The Morgan fingerprint density at radius 2 is 1.81 bits per heavy atom. The number of urea groups is 1. The van der Waals surface area contributed by atoms with Gasteiger partial charge in [-0.1, -0.05) is 40.0 Å². The van der Waals surface area contributed by atoms with Crippen molar-refractivity contribution in [3.05, 3.63) is 0 Å². The molecule has 0 heterocycles.